The first kappa shape index (κ1) is 15.6. The van der Waals surface area contributed by atoms with Gasteiger partial charge in [-0.3, -0.25) is 9.78 Å². The van der Waals surface area contributed by atoms with Gasteiger partial charge >= 0.3 is 0 Å². The van der Waals surface area contributed by atoms with Crippen molar-refractivity contribution in [2.75, 3.05) is 31.1 Å². The highest BCUT2D eigenvalue weighted by molar-refractivity contribution is 5.95. The quantitative estimate of drug-likeness (QED) is 0.721. The van der Waals surface area contributed by atoms with E-state index in [0.717, 1.165) is 53.9 Å². The summed E-state index contributed by atoms with van der Waals surface area (Å²) in [7, 11) is 0. The van der Waals surface area contributed by atoms with Gasteiger partial charge in [0.1, 0.15) is 0 Å². The molecule has 1 fully saturated rings. The molecule has 1 aliphatic rings. The first-order chi connectivity index (χ1) is 12.2. The number of para-hydroxylation sites is 1. The number of carbonyl (C=O) groups excluding carboxylic acids is 1. The molecule has 0 atom stereocenters. The molecule has 2 aromatic carbocycles. The second-order valence-corrected chi connectivity index (χ2v) is 6.50. The molecule has 1 aliphatic heterocycles. The number of anilines is 1. The van der Waals surface area contributed by atoms with Gasteiger partial charge in [0.15, 0.2) is 0 Å². The van der Waals surface area contributed by atoms with E-state index in [0.29, 0.717) is 0 Å². The molecule has 1 aromatic heterocycles. The second-order valence-electron chi connectivity index (χ2n) is 6.50. The minimum absolute atomic E-state index is 0.124. The molecular weight excluding hydrogens is 310 g/mol. The molecule has 1 saturated heterocycles. The number of pyridine rings is 1. The van der Waals surface area contributed by atoms with Crippen molar-refractivity contribution < 1.29 is 4.79 Å². The number of hydrogen-bond donors (Lipinski definition) is 0. The molecule has 126 valence electrons. The summed E-state index contributed by atoms with van der Waals surface area (Å²) in [4.78, 5) is 21.5. The number of hydrogen-bond acceptors (Lipinski definition) is 3. The van der Waals surface area contributed by atoms with Crippen LogP contribution in [0.2, 0.25) is 0 Å². The zero-order valence-electron chi connectivity index (χ0n) is 14.4. The van der Waals surface area contributed by atoms with Crippen molar-refractivity contribution in [1.82, 2.24) is 9.88 Å². The number of piperazine rings is 1. The van der Waals surface area contributed by atoms with E-state index in [4.69, 9.17) is 0 Å². The first-order valence-corrected chi connectivity index (χ1v) is 8.67. The maximum Gasteiger partial charge on any atom is 0.253 e. The topological polar surface area (TPSA) is 36.4 Å². The number of benzene rings is 2. The lowest BCUT2D eigenvalue weighted by molar-refractivity contribution is 0.0747. The Labute approximate surface area is 147 Å². The fourth-order valence-electron chi connectivity index (χ4n) is 3.45. The number of aryl methyl sites for hydroxylation is 1. The number of amides is 1. The summed E-state index contributed by atoms with van der Waals surface area (Å²) in [6, 6.07) is 18.1. The van der Waals surface area contributed by atoms with Crippen LogP contribution in [-0.2, 0) is 0 Å². The maximum absolute atomic E-state index is 12.7. The monoisotopic (exact) mass is 331 g/mol. The molecule has 0 radical (unpaired) electrons. The molecule has 3 aromatic rings. The van der Waals surface area contributed by atoms with Crippen LogP contribution in [0.4, 0.5) is 5.69 Å². The predicted molar refractivity (Wildman–Crippen MR) is 101 cm³/mol. The summed E-state index contributed by atoms with van der Waals surface area (Å²) in [5.74, 6) is 0.124. The van der Waals surface area contributed by atoms with Crippen molar-refractivity contribution >= 4 is 22.5 Å². The van der Waals surface area contributed by atoms with E-state index in [1.54, 1.807) is 0 Å². The molecule has 4 rings (SSSR count). The van der Waals surface area contributed by atoms with E-state index in [2.05, 4.69) is 34.1 Å². The zero-order chi connectivity index (χ0) is 17.2. The highest BCUT2D eigenvalue weighted by Crippen LogP contribution is 2.26. The van der Waals surface area contributed by atoms with Crippen molar-refractivity contribution in [3.8, 4) is 0 Å². The van der Waals surface area contributed by atoms with Gasteiger partial charge in [-0.15, -0.1) is 0 Å². The molecule has 0 N–H and O–H groups in total. The Bertz CT molecular complexity index is 908. The molecule has 0 bridgehead atoms. The van der Waals surface area contributed by atoms with Crippen molar-refractivity contribution in [2.24, 2.45) is 0 Å². The largest absolute Gasteiger partial charge is 0.366 e. The Balaban J connectivity index is 1.50. The number of aromatic nitrogens is 1. The van der Waals surface area contributed by atoms with Gasteiger partial charge in [-0.25, -0.2) is 0 Å². The molecule has 0 spiro atoms. The Morgan fingerprint density at radius 2 is 1.72 bits per heavy atom. The maximum atomic E-state index is 12.7. The number of fused-ring (bicyclic) bond motifs is 1. The van der Waals surface area contributed by atoms with Gasteiger partial charge < -0.3 is 9.80 Å². The van der Waals surface area contributed by atoms with E-state index < -0.39 is 0 Å². The van der Waals surface area contributed by atoms with Gasteiger partial charge in [0.25, 0.3) is 5.91 Å². The highest BCUT2D eigenvalue weighted by atomic mass is 16.2. The van der Waals surface area contributed by atoms with E-state index in [9.17, 15) is 4.79 Å². The summed E-state index contributed by atoms with van der Waals surface area (Å²) in [6.07, 6.45) is 1.84. The Morgan fingerprint density at radius 1 is 0.960 bits per heavy atom. The molecule has 1 amide bonds. The van der Waals surface area contributed by atoms with E-state index in [1.165, 1.54) is 0 Å². The minimum atomic E-state index is 0.124. The van der Waals surface area contributed by atoms with Gasteiger partial charge in [0.2, 0.25) is 0 Å². The van der Waals surface area contributed by atoms with Crippen LogP contribution < -0.4 is 4.90 Å². The average Bonchev–Trinajstić information content (AvgIpc) is 2.67. The molecule has 4 heteroatoms. The smallest absolute Gasteiger partial charge is 0.253 e. The number of nitrogens with zero attached hydrogens (tertiary/aromatic N) is 3. The van der Waals surface area contributed by atoms with E-state index in [1.807, 2.05) is 48.4 Å². The van der Waals surface area contributed by atoms with Crippen molar-refractivity contribution in [3.63, 3.8) is 0 Å². The average molecular weight is 331 g/mol. The molecule has 4 nitrogen and oxygen atoms in total. The van der Waals surface area contributed by atoms with Crippen LogP contribution in [0, 0.1) is 6.92 Å². The lowest BCUT2D eigenvalue weighted by atomic mass is 10.1. The fraction of sp³-hybridized carbons (Fsp3) is 0.238. The van der Waals surface area contributed by atoms with Gasteiger partial charge in [-0.05, 0) is 31.2 Å². The zero-order valence-corrected chi connectivity index (χ0v) is 14.4. The Kier molecular flexibility index (Phi) is 4.10. The van der Waals surface area contributed by atoms with Crippen LogP contribution in [0.5, 0.6) is 0 Å². The van der Waals surface area contributed by atoms with Crippen molar-refractivity contribution in [1.29, 1.82) is 0 Å². The van der Waals surface area contributed by atoms with Crippen molar-refractivity contribution in [2.45, 2.75) is 6.92 Å². The van der Waals surface area contributed by atoms with E-state index in [-0.39, 0.29) is 5.91 Å². The van der Waals surface area contributed by atoms with Crippen LogP contribution in [0.25, 0.3) is 10.9 Å². The highest BCUT2D eigenvalue weighted by Gasteiger charge is 2.23. The molecular formula is C21H21N3O. The van der Waals surface area contributed by atoms with Gasteiger partial charge in [0.05, 0.1) is 11.2 Å². The molecule has 0 saturated carbocycles. The lowest BCUT2D eigenvalue weighted by Crippen LogP contribution is -2.48. The van der Waals surface area contributed by atoms with Crippen LogP contribution in [0.1, 0.15) is 15.9 Å². The summed E-state index contributed by atoms with van der Waals surface area (Å²) < 4.78 is 0. The summed E-state index contributed by atoms with van der Waals surface area (Å²) in [5, 5.41) is 1.15. The predicted octanol–water partition coefficient (Wildman–Crippen LogP) is 3.51. The summed E-state index contributed by atoms with van der Waals surface area (Å²) >= 11 is 0. The fourth-order valence-corrected chi connectivity index (χ4v) is 3.45. The first-order valence-electron chi connectivity index (χ1n) is 8.67. The SMILES string of the molecule is Cc1cccc(C(=O)N2CCN(c3cccc4cccnc34)CC2)c1. The third kappa shape index (κ3) is 3.07. The summed E-state index contributed by atoms with van der Waals surface area (Å²) in [6.45, 7) is 5.13. The molecule has 0 unspecified atom stereocenters. The molecule has 0 aliphatic carbocycles. The van der Waals surface area contributed by atoms with Gasteiger partial charge in [-0.2, -0.15) is 0 Å². The standard InChI is InChI=1S/C21H21N3O/c1-16-5-2-7-18(15-16)21(25)24-13-11-23(12-14-24)19-9-3-6-17-8-4-10-22-20(17)19/h2-10,15H,11-14H2,1H3. The minimum Gasteiger partial charge on any atom is -0.366 e. The van der Waals surface area contributed by atoms with Crippen molar-refractivity contribution in [3.05, 3.63) is 71.9 Å². The normalized spacial score (nSPS) is 14.8. The Hall–Kier alpha value is -2.88. The Morgan fingerprint density at radius 3 is 2.52 bits per heavy atom. The number of rotatable bonds is 2. The second kappa shape index (κ2) is 6.55. The van der Waals surface area contributed by atoms with Crippen LogP contribution in [-0.4, -0.2) is 42.0 Å². The lowest BCUT2D eigenvalue weighted by Gasteiger charge is -2.36. The van der Waals surface area contributed by atoms with Gasteiger partial charge in [0, 0.05) is 43.3 Å². The molecule has 2 heterocycles. The summed E-state index contributed by atoms with van der Waals surface area (Å²) in [5.41, 5.74) is 4.08. The third-order valence-corrected chi connectivity index (χ3v) is 4.78. The molecule has 25 heavy (non-hydrogen) atoms. The van der Waals surface area contributed by atoms with Crippen LogP contribution in [0.15, 0.2) is 60.8 Å². The third-order valence-electron chi connectivity index (χ3n) is 4.78. The number of carbonyl (C=O) groups is 1. The van der Waals surface area contributed by atoms with E-state index >= 15 is 0 Å². The van der Waals surface area contributed by atoms with Crippen LogP contribution >= 0.6 is 0 Å². The van der Waals surface area contributed by atoms with Gasteiger partial charge in [-0.1, -0.05) is 35.9 Å². The van der Waals surface area contributed by atoms with Crippen LogP contribution in [0.3, 0.4) is 0 Å².